The lowest BCUT2D eigenvalue weighted by molar-refractivity contribution is 0.509. The van der Waals surface area contributed by atoms with Gasteiger partial charge in [0.1, 0.15) is 5.82 Å². The van der Waals surface area contributed by atoms with E-state index in [0.29, 0.717) is 12.1 Å². The Labute approximate surface area is 101 Å². The van der Waals surface area contributed by atoms with E-state index in [1.807, 2.05) is 18.2 Å². The highest BCUT2D eigenvalue weighted by molar-refractivity contribution is 5.74. The van der Waals surface area contributed by atoms with Crippen molar-refractivity contribution in [2.75, 3.05) is 0 Å². The highest BCUT2D eigenvalue weighted by Gasteiger charge is 2.21. The number of para-hydroxylation sites is 2. The first-order valence-electron chi connectivity index (χ1n) is 6.24. The first-order valence-corrected chi connectivity index (χ1v) is 6.24. The summed E-state index contributed by atoms with van der Waals surface area (Å²) in [6.07, 6.45) is 3.40. The van der Waals surface area contributed by atoms with Crippen LogP contribution in [-0.2, 0) is 6.54 Å². The fourth-order valence-electron chi connectivity index (χ4n) is 2.53. The minimum absolute atomic E-state index is 0.378. The van der Waals surface area contributed by atoms with Gasteiger partial charge in [0.2, 0.25) is 0 Å². The van der Waals surface area contributed by atoms with Crippen LogP contribution in [-0.4, -0.2) is 22.1 Å². The summed E-state index contributed by atoms with van der Waals surface area (Å²) in [7, 11) is 0. The molecule has 1 fully saturated rings. The van der Waals surface area contributed by atoms with Gasteiger partial charge in [0.05, 0.1) is 17.6 Å². The Balaban J connectivity index is 1.65. The Morgan fingerprint density at radius 1 is 1.35 bits per heavy atom. The van der Waals surface area contributed by atoms with E-state index >= 15 is 0 Å². The van der Waals surface area contributed by atoms with Crippen molar-refractivity contribution in [1.82, 2.24) is 15.3 Å². The zero-order valence-corrected chi connectivity index (χ0v) is 9.82. The Morgan fingerprint density at radius 2 is 2.24 bits per heavy atom. The third kappa shape index (κ3) is 2.33. The Morgan fingerprint density at radius 3 is 3.00 bits per heavy atom. The van der Waals surface area contributed by atoms with Gasteiger partial charge in [0.15, 0.2) is 0 Å². The number of H-pyrrole nitrogens is 1. The van der Waals surface area contributed by atoms with Gasteiger partial charge in [0, 0.05) is 12.1 Å². The van der Waals surface area contributed by atoms with E-state index < -0.39 is 0 Å². The summed E-state index contributed by atoms with van der Waals surface area (Å²) in [6.45, 7) is 0.798. The van der Waals surface area contributed by atoms with E-state index in [-0.39, 0.29) is 0 Å². The number of nitrogens with one attached hydrogen (secondary N) is 2. The molecule has 2 aromatic rings. The standard InChI is InChI=1S/C13H18N4/c14-9-5-6-10(7-9)15-8-13-16-11-3-1-2-4-12(11)17-13/h1-4,9-10,15H,5-8,14H2,(H,16,17). The van der Waals surface area contributed by atoms with Crippen molar-refractivity contribution >= 4 is 11.0 Å². The van der Waals surface area contributed by atoms with E-state index in [1.165, 1.54) is 6.42 Å². The molecule has 4 heteroatoms. The lowest BCUT2D eigenvalue weighted by atomic mass is 10.2. The second-order valence-corrected chi connectivity index (χ2v) is 4.85. The van der Waals surface area contributed by atoms with Crippen LogP contribution in [0.15, 0.2) is 24.3 Å². The number of hydrogen-bond donors (Lipinski definition) is 3. The normalized spacial score (nSPS) is 24.5. The van der Waals surface area contributed by atoms with Crippen LogP contribution in [0, 0.1) is 0 Å². The van der Waals surface area contributed by atoms with E-state index in [1.54, 1.807) is 0 Å². The van der Waals surface area contributed by atoms with Gasteiger partial charge < -0.3 is 16.0 Å². The maximum Gasteiger partial charge on any atom is 0.121 e. The second-order valence-electron chi connectivity index (χ2n) is 4.85. The molecule has 1 aromatic carbocycles. The first kappa shape index (κ1) is 10.7. The average molecular weight is 230 g/mol. The van der Waals surface area contributed by atoms with Crippen molar-refractivity contribution in [3.63, 3.8) is 0 Å². The molecular weight excluding hydrogens is 212 g/mol. The summed E-state index contributed by atoms with van der Waals surface area (Å²) in [6, 6.07) is 9.05. The molecule has 1 saturated carbocycles. The van der Waals surface area contributed by atoms with Gasteiger partial charge in [-0.2, -0.15) is 0 Å². The molecule has 4 N–H and O–H groups in total. The number of nitrogens with zero attached hydrogens (tertiary/aromatic N) is 1. The van der Waals surface area contributed by atoms with Crippen molar-refractivity contribution in [2.24, 2.45) is 5.73 Å². The molecule has 1 aliphatic carbocycles. The van der Waals surface area contributed by atoms with Crippen LogP contribution in [0.5, 0.6) is 0 Å². The third-order valence-corrected chi connectivity index (χ3v) is 3.47. The first-order chi connectivity index (χ1) is 8.31. The lowest BCUT2D eigenvalue weighted by Crippen LogP contribution is -2.28. The molecule has 1 aliphatic rings. The molecule has 0 amide bonds. The van der Waals surface area contributed by atoms with Gasteiger partial charge in [-0.05, 0) is 31.4 Å². The van der Waals surface area contributed by atoms with Crippen molar-refractivity contribution in [1.29, 1.82) is 0 Å². The molecule has 1 heterocycles. The Kier molecular flexibility index (Phi) is 2.82. The quantitative estimate of drug-likeness (QED) is 0.749. The molecular formula is C13H18N4. The van der Waals surface area contributed by atoms with E-state index in [4.69, 9.17) is 5.73 Å². The predicted molar refractivity (Wildman–Crippen MR) is 68.5 cm³/mol. The van der Waals surface area contributed by atoms with Crippen LogP contribution < -0.4 is 11.1 Å². The number of aromatic nitrogens is 2. The smallest absolute Gasteiger partial charge is 0.121 e. The molecule has 2 unspecified atom stereocenters. The summed E-state index contributed by atoms with van der Waals surface area (Å²) in [5.41, 5.74) is 8.03. The largest absolute Gasteiger partial charge is 0.341 e. The summed E-state index contributed by atoms with van der Waals surface area (Å²) in [5, 5.41) is 3.52. The third-order valence-electron chi connectivity index (χ3n) is 3.47. The van der Waals surface area contributed by atoms with Crippen LogP contribution in [0.25, 0.3) is 11.0 Å². The fraction of sp³-hybridized carbons (Fsp3) is 0.462. The molecule has 4 nitrogen and oxygen atoms in total. The summed E-state index contributed by atoms with van der Waals surface area (Å²) in [4.78, 5) is 7.87. The average Bonchev–Trinajstić information content (AvgIpc) is 2.91. The van der Waals surface area contributed by atoms with Crippen LogP contribution >= 0.6 is 0 Å². The molecule has 1 aromatic heterocycles. The number of nitrogens with two attached hydrogens (primary N) is 1. The van der Waals surface area contributed by atoms with Crippen LogP contribution in [0.4, 0.5) is 0 Å². The van der Waals surface area contributed by atoms with Crippen molar-refractivity contribution < 1.29 is 0 Å². The van der Waals surface area contributed by atoms with Gasteiger partial charge in [-0.15, -0.1) is 0 Å². The Hall–Kier alpha value is -1.39. The molecule has 0 bridgehead atoms. The zero-order chi connectivity index (χ0) is 11.7. The molecule has 17 heavy (non-hydrogen) atoms. The maximum atomic E-state index is 5.89. The van der Waals surface area contributed by atoms with Crippen molar-refractivity contribution in [3.8, 4) is 0 Å². The highest BCUT2D eigenvalue weighted by atomic mass is 15.0. The molecule has 2 atom stereocenters. The van der Waals surface area contributed by atoms with Crippen LogP contribution in [0.2, 0.25) is 0 Å². The molecule has 0 aliphatic heterocycles. The lowest BCUT2D eigenvalue weighted by Gasteiger charge is -2.10. The van der Waals surface area contributed by atoms with E-state index in [2.05, 4.69) is 21.4 Å². The van der Waals surface area contributed by atoms with Crippen molar-refractivity contribution in [2.45, 2.75) is 37.9 Å². The second kappa shape index (κ2) is 4.47. The number of benzene rings is 1. The molecule has 90 valence electrons. The number of rotatable bonds is 3. The Bertz CT molecular complexity index is 472. The predicted octanol–water partition coefficient (Wildman–Crippen LogP) is 1.53. The van der Waals surface area contributed by atoms with E-state index in [0.717, 1.165) is 36.2 Å². The number of fused-ring (bicyclic) bond motifs is 1. The minimum atomic E-state index is 0.378. The molecule has 0 radical (unpaired) electrons. The SMILES string of the molecule is NC1CCC(NCc2nc3ccccc3[nH]2)C1. The minimum Gasteiger partial charge on any atom is -0.341 e. The topological polar surface area (TPSA) is 66.7 Å². The summed E-state index contributed by atoms with van der Waals surface area (Å²) < 4.78 is 0. The number of imidazole rings is 1. The monoisotopic (exact) mass is 230 g/mol. The van der Waals surface area contributed by atoms with Gasteiger partial charge >= 0.3 is 0 Å². The number of hydrogen-bond acceptors (Lipinski definition) is 3. The molecule has 0 saturated heterocycles. The summed E-state index contributed by atoms with van der Waals surface area (Å²) in [5.74, 6) is 1.01. The molecule has 0 spiro atoms. The van der Waals surface area contributed by atoms with Crippen molar-refractivity contribution in [3.05, 3.63) is 30.1 Å². The van der Waals surface area contributed by atoms with Gasteiger partial charge in [0.25, 0.3) is 0 Å². The highest BCUT2D eigenvalue weighted by Crippen LogP contribution is 2.17. The zero-order valence-electron chi connectivity index (χ0n) is 9.82. The van der Waals surface area contributed by atoms with Crippen LogP contribution in [0.3, 0.4) is 0 Å². The van der Waals surface area contributed by atoms with Gasteiger partial charge in [-0.25, -0.2) is 4.98 Å². The fourth-order valence-corrected chi connectivity index (χ4v) is 2.53. The maximum absolute atomic E-state index is 5.89. The molecule has 3 rings (SSSR count). The van der Waals surface area contributed by atoms with Gasteiger partial charge in [-0.1, -0.05) is 12.1 Å². The summed E-state index contributed by atoms with van der Waals surface area (Å²) >= 11 is 0. The van der Waals surface area contributed by atoms with Crippen LogP contribution in [0.1, 0.15) is 25.1 Å². The van der Waals surface area contributed by atoms with E-state index in [9.17, 15) is 0 Å². The number of aromatic amines is 1. The van der Waals surface area contributed by atoms with Gasteiger partial charge in [-0.3, -0.25) is 0 Å².